The third-order valence-corrected chi connectivity index (χ3v) is 6.78. The Labute approximate surface area is 196 Å². The Hall–Kier alpha value is -3.23. The first-order chi connectivity index (χ1) is 15.5. The van der Waals surface area contributed by atoms with Crippen molar-refractivity contribution in [2.24, 2.45) is 0 Å². The van der Waals surface area contributed by atoms with Crippen LogP contribution >= 0.6 is 0 Å². The fourth-order valence-electron chi connectivity index (χ4n) is 3.28. The van der Waals surface area contributed by atoms with E-state index in [0.717, 1.165) is 20.2 Å². The van der Waals surface area contributed by atoms with Crippen LogP contribution in [0.5, 0.6) is 5.88 Å². The highest BCUT2D eigenvalue weighted by Crippen LogP contribution is 2.35. The van der Waals surface area contributed by atoms with E-state index in [1.54, 1.807) is 23.5 Å². The molecule has 0 unspecified atom stereocenters. The van der Waals surface area contributed by atoms with Crippen molar-refractivity contribution in [2.45, 2.75) is 17.8 Å². The zero-order chi connectivity index (χ0) is 25.6. The van der Waals surface area contributed by atoms with E-state index in [9.17, 15) is 22.0 Å². The van der Waals surface area contributed by atoms with Gasteiger partial charge in [-0.1, -0.05) is 0 Å². The molecule has 2 aromatic rings. The molecule has 1 aliphatic rings. The fourth-order valence-corrected chi connectivity index (χ4v) is 4.74. The molecule has 0 radical (unpaired) electrons. The van der Waals surface area contributed by atoms with Crippen molar-refractivity contribution in [3.05, 3.63) is 47.2 Å². The second-order valence-electron chi connectivity index (χ2n) is 8.85. The molecule has 0 saturated carbocycles. The lowest BCUT2D eigenvalue weighted by atomic mass is 9.52. The predicted octanol–water partition coefficient (Wildman–Crippen LogP) is -1.95. The van der Waals surface area contributed by atoms with Crippen molar-refractivity contribution in [2.75, 3.05) is 18.1 Å². The molecule has 17 heteroatoms. The predicted molar refractivity (Wildman–Crippen MR) is 125 cm³/mol. The molecular weight excluding hydrogens is 474 g/mol. The molecule has 34 heavy (non-hydrogen) atoms. The van der Waals surface area contributed by atoms with Gasteiger partial charge in [0.15, 0.2) is 17.5 Å². The monoisotopic (exact) mass is 494 g/mol. The van der Waals surface area contributed by atoms with Crippen LogP contribution in [-0.4, -0.2) is 76.2 Å². The van der Waals surface area contributed by atoms with Crippen LogP contribution in [0.25, 0.3) is 0 Å². The van der Waals surface area contributed by atoms with E-state index < -0.39 is 67.2 Å². The van der Waals surface area contributed by atoms with Crippen LogP contribution in [0, 0.1) is 22.9 Å². The van der Waals surface area contributed by atoms with Crippen LogP contribution < -0.4 is 15.4 Å². The number of nitrogens with one attached hydrogen (secondary N) is 3. The molecule has 0 bridgehead atoms. The standard InChI is InChI=1S/C17H20B3F3N6O4S/c1-16(6-34(31,32)29(2)15(24)28-16)11-12(22)7(21)3-8(13(11)23)27-14(30)9-4-26-10(5-25-9)33-17(18,19)20/h3-5H,6,18-20H2,1-2H3,(H2,24,28)(H,27,30)/t16-/m0/s1. The van der Waals surface area contributed by atoms with Crippen molar-refractivity contribution in [1.29, 1.82) is 5.41 Å². The summed E-state index contributed by atoms with van der Waals surface area (Å²) in [6.45, 7) is 1.11. The minimum Gasteiger partial charge on any atom is -0.498 e. The summed E-state index contributed by atoms with van der Waals surface area (Å²) in [7, 11) is 2.30. The van der Waals surface area contributed by atoms with Gasteiger partial charge in [0.25, 0.3) is 5.91 Å². The molecule has 2 heterocycles. The quantitative estimate of drug-likeness (QED) is 0.325. The van der Waals surface area contributed by atoms with Gasteiger partial charge in [0.2, 0.25) is 21.9 Å². The number of halogens is 3. The average Bonchev–Trinajstić information content (AvgIpc) is 2.69. The summed E-state index contributed by atoms with van der Waals surface area (Å²) in [5, 5.41) is 11.7. The van der Waals surface area contributed by atoms with Crippen molar-refractivity contribution < 1.29 is 31.1 Å². The van der Waals surface area contributed by atoms with Gasteiger partial charge in [0.1, 0.15) is 29.2 Å². The van der Waals surface area contributed by atoms with Gasteiger partial charge in [-0.05, 0) is 6.92 Å². The second kappa shape index (κ2) is 8.53. The van der Waals surface area contributed by atoms with E-state index in [-0.39, 0.29) is 11.6 Å². The van der Waals surface area contributed by atoms with E-state index >= 15 is 4.39 Å². The zero-order valence-electron chi connectivity index (χ0n) is 19.0. The van der Waals surface area contributed by atoms with Crippen molar-refractivity contribution in [3.63, 3.8) is 0 Å². The van der Waals surface area contributed by atoms with E-state index in [4.69, 9.17) is 10.1 Å². The smallest absolute Gasteiger partial charge is 0.275 e. The maximum atomic E-state index is 15.3. The third-order valence-electron chi connectivity index (χ3n) is 4.83. The number of carbonyl (C=O) groups excluding carboxylic acids is 1. The van der Waals surface area contributed by atoms with Gasteiger partial charge in [-0.15, -0.1) is 0 Å². The first-order valence-corrected chi connectivity index (χ1v) is 11.5. The molecular formula is C17H20B3F3N6O4S. The van der Waals surface area contributed by atoms with Crippen molar-refractivity contribution in [1.82, 2.24) is 19.6 Å². The number of guanidine groups is 1. The van der Waals surface area contributed by atoms with Gasteiger partial charge >= 0.3 is 0 Å². The van der Waals surface area contributed by atoms with Crippen LogP contribution in [0.3, 0.4) is 0 Å². The number of carbonyl (C=O) groups is 1. The summed E-state index contributed by atoms with van der Waals surface area (Å²) < 4.78 is 75.3. The molecule has 1 atom stereocenters. The Morgan fingerprint density at radius 3 is 2.44 bits per heavy atom. The number of aromatic nitrogens is 2. The van der Waals surface area contributed by atoms with Gasteiger partial charge < -0.3 is 15.4 Å². The lowest BCUT2D eigenvalue weighted by Gasteiger charge is -2.40. The number of amides is 1. The molecule has 1 saturated heterocycles. The summed E-state index contributed by atoms with van der Waals surface area (Å²) in [5.74, 6) is -6.96. The molecule has 3 N–H and O–H groups in total. The summed E-state index contributed by atoms with van der Waals surface area (Å²) in [5.41, 5.74) is -4.03. The highest BCUT2D eigenvalue weighted by Gasteiger charge is 2.46. The summed E-state index contributed by atoms with van der Waals surface area (Å²) in [4.78, 5) is 20.3. The maximum absolute atomic E-state index is 15.3. The van der Waals surface area contributed by atoms with Gasteiger partial charge in [0.05, 0.1) is 34.9 Å². The normalized spacial score (nSPS) is 19.9. The van der Waals surface area contributed by atoms with Crippen LogP contribution in [0.2, 0.25) is 0 Å². The average molecular weight is 494 g/mol. The summed E-state index contributed by atoms with van der Waals surface area (Å²) >= 11 is 0. The molecule has 3 rings (SSSR count). The fraction of sp³-hybridized carbons (Fsp3) is 0.294. The van der Waals surface area contributed by atoms with E-state index in [2.05, 4.69) is 20.6 Å². The largest absolute Gasteiger partial charge is 0.498 e. The molecule has 178 valence electrons. The van der Waals surface area contributed by atoms with Crippen LogP contribution in [0.15, 0.2) is 18.5 Å². The number of hydrogen-bond donors (Lipinski definition) is 3. The lowest BCUT2D eigenvalue weighted by Crippen LogP contribution is -2.61. The van der Waals surface area contributed by atoms with Gasteiger partial charge in [-0.2, -0.15) is 0 Å². The van der Waals surface area contributed by atoms with Crippen LogP contribution in [-0.2, 0) is 15.6 Å². The molecule has 1 fully saturated rings. The third kappa shape index (κ3) is 4.98. The summed E-state index contributed by atoms with van der Waals surface area (Å²) in [6.07, 6.45) is 2.23. The number of benzene rings is 1. The SMILES string of the molecule is BC(B)(B)Oc1cnc(C(=O)Nc2cc(F)c(F)c([C@]3(C)CS(=O)(=O)N(C)C(=N)N3)c2F)cn1. The van der Waals surface area contributed by atoms with Gasteiger partial charge in [0, 0.05) is 18.4 Å². The minimum absolute atomic E-state index is 0.135. The first-order valence-electron chi connectivity index (χ1n) is 9.88. The number of nitrogens with zero attached hydrogens (tertiary/aromatic N) is 3. The zero-order valence-corrected chi connectivity index (χ0v) is 19.8. The molecule has 0 aliphatic carbocycles. The topological polar surface area (TPSA) is 137 Å². The maximum Gasteiger partial charge on any atom is 0.275 e. The molecule has 1 aromatic heterocycles. The summed E-state index contributed by atoms with van der Waals surface area (Å²) in [6, 6.07) is 0.425. The Bertz CT molecular complexity index is 1280. The van der Waals surface area contributed by atoms with E-state index in [1.165, 1.54) is 6.20 Å². The highest BCUT2D eigenvalue weighted by molar-refractivity contribution is 7.89. The Kier molecular flexibility index (Phi) is 6.37. The van der Waals surface area contributed by atoms with Gasteiger partial charge in [-0.25, -0.2) is 35.9 Å². The van der Waals surface area contributed by atoms with E-state index in [1.807, 2.05) is 0 Å². The van der Waals surface area contributed by atoms with Gasteiger partial charge in [-0.3, -0.25) is 10.2 Å². The number of ether oxygens (including phenoxy) is 1. The molecule has 1 amide bonds. The lowest BCUT2D eigenvalue weighted by molar-refractivity contribution is 0.102. The van der Waals surface area contributed by atoms with Crippen molar-refractivity contribution in [3.8, 4) is 5.88 Å². The number of hydrogen-bond acceptors (Lipinski definition) is 7. The highest BCUT2D eigenvalue weighted by atomic mass is 32.2. The van der Waals surface area contributed by atoms with Crippen LogP contribution in [0.4, 0.5) is 18.9 Å². The second-order valence-corrected chi connectivity index (χ2v) is 10.8. The minimum atomic E-state index is -4.14. The molecule has 1 aromatic carbocycles. The Morgan fingerprint density at radius 2 is 1.91 bits per heavy atom. The van der Waals surface area contributed by atoms with Crippen molar-refractivity contribution >= 4 is 51.1 Å². The molecule has 10 nitrogen and oxygen atoms in total. The van der Waals surface area contributed by atoms with E-state index in [0.29, 0.717) is 10.4 Å². The number of sulfonamides is 1. The molecule has 0 spiro atoms. The Morgan fingerprint density at radius 1 is 1.26 bits per heavy atom. The first kappa shape index (κ1) is 25.4. The van der Waals surface area contributed by atoms with Crippen LogP contribution in [0.1, 0.15) is 23.0 Å². The molecule has 1 aliphatic heterocycles. The number of anilines is 1. The number of rotatable bonds is 5. The Balaban J connectivity index is 1.96.